The maximum atomic E-state index is 8.62. The Morgan fingerprint density at radius 1 is 1.18 bits per heavy atom. The lowest BCUT2D eigenvalue weighted by Crippen LogP contribution is -2.40. The van der Waals surface area contributed by atoms with Gasteiger partial charge in [0.15, 0.2) is 0 Å². The number of nitriles is 1. The molecule has 0 aromatic rings. The predicted octanol–water partition coefficient (Wildman–Crippen LogP) is 3.83. The summed E-state index contributed by atoms with van der Waals surface area (Å²) < 4.78 is 0.380. The van der Waals surface area contributed by atoms with Gasteiger partial charge in [-0.15, -0.1) is 0 Å². The molecule has 0 aliphatic heterocycles. The molecule has 0 amide bonds. The van der Waals surface area contributed by atoms with Crippen LogP contribution in [0.4, 0.5) is 0 Å². The van der Waals surface area contributed by atoms with Crippen LogP contribution in [0.1, 0.15) is 53.4 Å². The van der Waals surface area contributed by atoms with Crippen molar-refractivity contribution in [2.75, 3.05) is 19.3 Å². The normalized spacial score (nSPS) is 12.5. The van der Waals surface area contributed by atoms with Gasteiger partial charge in [-0.3, -0.25) is 0 Å². The van der Waals surface area contributed by atoms with Crippen molar-refractivity contribution < 1.29 is 0 Å². The molecule has 100 valence electrons. The Bertz CT molecular complexity index is 231. The lowest BCUT2D eigenvalue weighted by molar-refractivity contribution is 0.309. The van der Waals surface area contributed by atoms with Crippen molar-refractivity contribution in [3.8, 4) is 6.07 Å². The van der Waals surface area contributed by atoms with Crippen molar-refractivity contribution in [2.45, 2.75) is 58.1 Å². The van der Waals surface area contributed by atoms with Gasteiger partial charge in [0.1, 0.15) is 0 Å². The molecule has 0 unspecified atom stereocenters. The molecule has 0 bridgehead atoms. The summed E-state index contributed by atoms with van der Waals surface area (Å²) in [6.45, 7) is 11.1. The Kier molecular flexibility index (Phi) is 7.91. The van der Waals surface area contributed by atoms with Gasteiger partial charge in [-0.1, -0.05) is 27.7 Å². The minimum absolute atomic E-state index is 0.224. The van der Waals surface area contributed by atoms with E-state index in [4.69, 9.17) is 5.26 Å². The van der Waals surface area contributed by atoms with Crippen LogP contribution in [-0.4, -0.2) is 24.1 Å². The lowest BCUT2D eigenvalue weighted by Gasteiger charge is -2.32. The van der Waals surface area contributed by atoms with Gasteiger partial charge in [-0.2, -0.15) is 17.0 Å². The quantitative estimate of drug-likeness (QED) is 0.681. The van der Waals surface area contributed by atoms with E-state index in [9.17, 15) is 0 Å². The Morgan fingerprint density at radius 3 is 2.18 bits per heavy atom. The largest absolute Gasteiger partial charge is 0.315 e. The van der Waals surface area contributed by atoms with Gasteiger partial charge in [0.05, 0.1) is 6.07 Å². The van der Waals surface area contributed by atoms with E-state index >= 15 is 0 Å². The molecule has 0 aromatic carbocycles. The highest BCUT2D eigenvalue weighted by atomic mass is 32.2. The van der Waals surface area contributed by atoms with Gasteiger partial charge in [0.25, 0.3) is 0 Å². The van der Waals surface area contributed by atoms with Crippen LogP contribution in [0.2, 0.25) is 0 Å². The summed E-state index contributed by atoms with van der Waals surface area (Å²) in [5, 5.41) is 12.2. The zero-order valence-electron chi connectivity index (χ0n) is 12.1. The molecule has 0 aliphatic carbocycles. The van der Waals surface area contributed by atoms with Crippen LogP contribution >= 0.6 is 11.8 Å². The van der Waals surface area contributed by atoms with Crippen molar-refractivity contribution in [1.29, 1.82) is 5.26 Å². The number of hydrogen-bond donors (Lipinski definition) is 1. The number of rotatable bonds is 9. The highest BCUT2D eigenvalue weighted by molar-refractivity contribution is 8.00. The smallest absolute Gasteiger partial charge is 0.0621 e. The minimum atomic E-state index is 0.224. The SMILES string of the molecule is CCC(CC)(CNCC(C)(C)CCC#N)SC. The van der Waals surface area contributed by atoms with E-state index < -0.39 is 0 Å². The highest BCUT2D eigenvalue weighted by Gasteiger charge is 2.25. The first-order valence-corrected chi connectivity index (χ1v) is 7.80. The Morgan fingerprint density at radius 2 is 1.76 bits per heavy atom. The second-order valence-electron chi connectivity index (χ2n) is 5.52. The third-order valence-electron chi connectivity index (χ3n) is 3.69. The van der Waals surface area contributed by atoms with E-state index in [1.165, 1.54) is 12.8 Å². The minimum Gasteiger partial charge on any atom is -0.315 e. The summed E-state index contributed by atoms with van der Waals surface area (Å²) >= 11 is 1.97. The van der Waals surface area contributed by atoms with E-state index in [-0.39, 0.29) is 5.41 Å². The summed E-state index contributed by atoms with van der Waals surface area (Å²) in [6.07, 6.45) is 6.24. The Labute approximate surface area is 112 Å². The van der Waals surface area contributed by atoms with Crippen molar-refractivity contribution in [2.24, 2.45) is 5.41 Å². The topological polar surface area (TPSA) is 35.8 Å². The van der Waals surface area contributed by atoms with Crippen molar-refractivity contribution >= 4 is 11.8 Å². The molecule has 0 spiro atoms. The van der Waals surface area contributed by atoms with Crippen LogP contribution < -0.4 is 5.32 Å². The molecule has 1 N–H and O–H groups in total. The van der Waals surface area contributed by atoms with E-state index in [0.29, 0.717) is 11.2 Å². The number of nitrogens with one attached hydrogen (secondary N) is 1. The summed E-state index contributed by atoms with van der Waals surface area (Å²) in [6, 6.07) is 2.23. The van der Waals surface area contributed by atoms with Crippen LogP contribution in [-0.2, 0) is 0 Å². The summed E-state index contributed by atoms with van der Waals surface area (Å²) in [7, 11) is 0. The summed E-state index contributed by atoms with van der Waals surface area (Å²) in [5.41, 5.74) is 0.224. The third-order valence-corrected chi connectivity index (χ3v) is 5.27. The van der Waals surface area contributed by atoms with Crippen LogP contribution in [0, 0.1) is 16.7 Å². The van der Waals surface area contributed by atoms with Gasteiger partial charge in [-0.25, -0.2) is 0 Å². The fourth-order valence-electron chi connectivity index (χ4n) is 1.97. The first kappa shape index (κ1) is 16.8. The molecule has 0 atom stereocenters. The van der Waals surface area contributed by atoms with Gasteiger partial charge < -0.3 is 5.32 Å². The van der Waals surface area contributed by atoms with E-state index in [0.717, 1.165) is 19.5 Å². The van der Waals surface area contributed by atoms with Gasteiger partial charge in [0.2, 0.25) is 0 Å². The van der Waals surface area contributed by atoms with Crippen LogP contribution in [0.25, 0.3) is 0 Å². The standard InChI is InChI=1S/C14H28N2S/c1-6-14(7-2,17-5)12-16-11-13(3,4)9-8-10-15/h16H,6-9,11-12H2,1-5H3. The molecule has 2 nitrogen and oxygen atoms in total. The lowest BCUT2D eigenvalue weighted by atomic mass is 9.87. The maximum absolute atomic E-state index is 8.62. The van der Waals surface area contributed by atoms with E-state index in [1.807, 2.05) is 11.8 Å². The highest BCUT2D eigenvalue weighted by Crippen LogP contribution is 2.30. The zero-order chi connectivity index (χ0) is 13.4. The molecule has 0 fully saturated rings. The second-order valence-corrected chi connectivity index (χ2v) is 6.79. The predicted molar refractivity (Wildman–Crippen MR) is 78.3 cm³/mol. The van der Waals surface area contributed by atoms with Gasteiger partial charge >= 0.3 is 0 Å². The second kappa shape index (κ2) is 8.00. The number of nitrogens with zero attached hydrogens (tertiary/aromatic N) is 1. The molecule has 3 heteroatoms. The average molecular weight is 256 g/mol. The van der Waals surface area contributed by atoms with Gasteiger partial charge in [0, 0.05) is 24.3 Å². The average Bonchev–Trinajstić information content (AvgIpc) is 2.33. The van der Waals surface area contributed by atoms with Crippen LogP contribution in [0.3, 0.4) is 0 Å². The third kappa shape index (κ3) is 6.33. The molecular formula is C14H28N2S. The van der Waals surface area contributed by atoms with Crippen LogP contribution in [0.15, 0.2) is 0 Å². The fourth-order valence-corrected chi connectivity index (χ4v) is 2.80. The molecule has 0 saturated carbocycles. The van der Waals surface area contributed by atoms with Crippen LogP contribution in [0.5, 0.6) is 0 Å². The first-order valence-electron chi connectivity index (χ1n) is 6.58. The van der Waals surface area contributed by atoms with E-state index in [1.54, 1.807) is 0 Å². The molecule has 17 heavy (non-hydrogen) atoms. The fraction of sp³-hybridized carbons (Fsp3) is 0.929. The zero-order valence-corrected chi connectivity index (χ0v) is 12.9. The number of thioether (sulfide) groups is 1. The molecule has 0 radical (unpaired) electrons. The van der Waals surface area contributed by atoms with Gasteiger partial charge in [-0.05, 0) is 30.9 Å². The molecule has 0 aromatic heterocycles. The molecule has 0 heterocycles. The van der Waals surface area contributed by atoms with Crippen molar-refractivity contribution in [3.05, 3.63) is 0 Å². The number of hydrogen-bond acceptors (Lipinski definition) is 3. The Hall–Kier alpha value is -0.200. The first-order chi connectivity index (χ1) is 7.95. The van der Waals surface area contributed by atoms with Crippen molar-refractivity contribution in [3.63, 3.8) is 0 Å². The molecule has 0 saturated heterocycles. The molecule has 0 aliphatic rings. The molecule has 0 rings (SSSR count). The maximum Gasteiger partial charge on any atom is 0.0621 e. The summed E-state index contributed by atoms with van der Waals surface area (Å²) in [5.74, 6) is 0. The Balaban J connectivity index is 4.08. The van der Waals surface area contributed by atoms with E-state index in [2.05, 4.69) is 45.3 Å². The molecular weight excluding hydrogens is 228 g/mol. The summed E-state index contributed by atoms with van der Waals surface area (Å²) in [4.78, 5) is 0. The van der Waals surface area contributed by atoms with Crippen molar-refractivity contribution in [1.82, 2.24) is 5.32 Å². The monoisotopic (exact) mass is 256 g/mol.